The number of para-hydroxylation sites is 1. The Bertz CT molecular complexity index is 949. The first-order chi connectivity index (χ1) is 11.9. The summed E-state index contributed by atoms with van der Waals surface area (Å²) in [5, 5.41) is 1.12. The molecule has 0 aliphatic heterocycles. The van der Waals surface area contributed by atoms with Crippen molar-refractivity contribution in [1.82, 2.24) is 4.98 Å². The van der Waals surface area contributed by atoms with Gasteiger partial charge in [0.15, 0.2) is 0 Å². The van der Waals surface area contributed by atoms with Gasteiger partial charge in [-0.1, -0.05) is 60.7 Å². The molecule has 3 aromatic carbocycles. The number of fused-ring (bicyclic) bond motifs is 1. The van der Waals surface area contributed by atoms with E-state index in [0.717, 1.165) is 33.5 Å². The number of aromatic nitrogens is 1. The first-order valence-corrected chi connectivity index (χ1v) is 7.93. The molecule has 0 unspecified atom stereocenters. The van der Waals surface area contributed by atoms with Crippen molar-refractivity contribution < 1.29 is 4.74 Å². The second kappa shape index (κ2) is 6.55. The maximum absolute atomic E-state index is 5.94. The zero-order valence-corrected chi connectivity index (χ0v) is 13.1. The van der Waals surface area contributed by atoms with Gasteiger partial charge in [0.2, 0.25) is 0 Å². The molecule has 0 aliphatic carbocycles. The van der Waals surface area contributed by atoms with Crippen LogP contribution < -0.4 is 4.74 Å². The molecule has 0 saturated heterocycles. The Morgan fingerprint density at radius 2 is 1.58 bits per heavy atom. The predicted octanol–water partition coefficient (Wildman–Crippen LogP) is 5.28. The SMILES string of the molecule is [c]1ccc(OCc2cc(-c3ccccc3)nc3ccccc23)cc1. The van der Waals surface area contributed by atoms with E-state index in [4.69, 9.17) is 9.72 Å². The standard InChI is InChI=1S/C22H16NO/c1-3-9-17(10-4-1)22-15-18(16-24-19-11-5-2-6-12-19)20-13-7-8-14-21(20)23-22/h1,3-15H,16H2. The lowest BCUT2D eigenvalue weighted by molar-refractivity contribution is 0.307. The maximum atomic E-state index is 5.94. The van der Waals surface area contributed by atoms with Gasteiger partial charge in [-0.25, -0.2) is 4.98 Å². The zero-order valence-electron chi connectivity index (χ0n) is 13.1. The minimum absolute atomic E-state index is 0.507. The number of benzene rings is 3. The maximum Gasteiger partial charge on any atom is 0.119 e. The van der Waals surface area contributed by atoms with Gasteiger partial charge in [0.1, 0.15) is 12.4 Å². The van der Waals surface area contributed by atoms with Crippen LogP contribution in [0.5, 0.6) is 5.75 Å². The van der Waals surface area contributed by atoms with Crippen molar-refractivity contribution in [2.75, 3.05) is 0 Å². The van der Waals surface area contributed by atoms with Crippen molar-refractivity contribution >= 4 is 10.9 Å². The van der Waals surface area contributed by atoms with Crippen LogP contribution in [0, 0.1) is 6.07 Å². The fraction of sp³-hybridized carbons (Fsp3) is 0.0455. The Hall–Kier alpha value is -3.13. The summed E-state index contributed by atoms with van der Waals surface area (Å²) in [6.07, 6.45) is 0. The molecule has 1 heterocycles. The summed E-state index contributed by atoms with van der Waals surface area (Å²) < 4.78 is 5.94. The fourth-order valence-electron chi connectivity index (χ4n) is 2.75. The van der Waals surface area contributed by atoms with Crippen LogP contribution in [0.3, 0.4) is 0 Å². The van der Waals surface area contributed by atoms with Crippen molar-refractivity contribution in [3.8, 4) is 17.0 Å². The minimum atomic E-state index is 0.507. The van der Waals surface area contributed by atoms with Crippen molar-refractivity contribution in [2.45, 2.75) is 6.61 Å². The first kappa shape index (κ1) is 14.5. The molecule has 2 heteroatoms. The molecular formula is C22H16NO. The Balaban J connectivity index is 1.75. The summed E-state index contributed by atoms with van der Waals surface area (Å²) in [5.41, 5.74) is 4.19. The average molecular weight is 310 g/mol. The van der Waals surface area contributed by atoms with E-state index in [-0.39, 0.29) is 0 Å². The van der Waals surface area contributed by atoms with Gasteiger partial charge in [0.25, 0.3) is 0 Å². The van der Waals surface area contributed by atoms with E-state index in [1.165, 1.54) is 0 Å². The Morgan fingerprint density at radius 1 is 0.833 bits per heavy atom. The van der Waals surface area contributed by atoms with Gasteiger partial charge < -0.3 is 4.74 Å². The number of rotatable bonds is 4. The highest BCUT2D eigenvalue weighted by atomic mass is 16.5. The van der Waals surface area contributed by atoms with Crippen LogP contribution in [-0.4, -0.2) is 4.98 Å². The molecule has 0 amide bonds. The van der Waals surface area contributed by atoms with Crippen molar-refractivity contribution in [3.05, 3.63) is 96.6 Å². The van der Waals surface area contributed by atoms with E-state index in [1.54, 1.807) is 0 Å². The Morgan fingerprint density at radius 3 is 2.42 bits per heavy atom. The summed E-state index contributed by atoms with van der Waals surface area (Å²) in [6, 6.07) is 31.1. The predicted molar refractivity (Wildman–Crippen MR) is 96.8 cm³/mol. The summed E-state index contributed by atoms with van der Waals surface area (Å²) in [4.78, 5) is 4.80. The van der Waals surface area contributed by atoms with E-state index >= 15 is 0 Å². The van der Waals surface area contributed by atoms with Crippen LogP contribution in [-0.2, 0) is 6.61 Å². The molecular weight excluding hydrogens is 294 g/mol. The quantitative estimate of drug-likeness (QED) is 0.511. The summed E-state index contributed by atoms with van der Waals surface area (Å²) >= 11 is 0. The third-order valence-corrected chi connectivity index (χ3v) is 3.95. The molecule has 0 saturated carbocycles. The van der Waals surface area contributed by atoms with Gasteiger partial charge in [-0.2, -0.15) is 0 Å². The van der Waals surface area contributed by atoms with Crippen molar-refractivity contribution in [1.29, 1.82) is 0 Å². The molecule has 0 fully saturated rings. The lowest BCUT2D eigenvalue weighted by Crippen LogP contribution is -1.98. The van der Waals surface area contributed by atoms with Gasteiger partial charge in [-0.15, -0.1) is 0 Å². The number of hydrogen-bond donors (Lipinski definition) is 0. The molecule has 0 spiro atoms. The number of pyridine rings is 1. The van der Waals surface area contributed by atoms with E-state index in [1.807, 2.05) is 60.7 Å². The average Bonchev–Trinajstić information content (AvgIpc) is 2.67. The molecule has 115 valence electrons. The highest BCUT2D eigenvalue weighted by molar-refractivity contribution is 5.85. The third kappa shape index (κ3) is 2.99. The lowest BCUT2D eigenvalue weighted by Gasteiger charge is -2.11. The molecule has 0 aliphatic rings. The summed E-state index contributed by atoms with van der Waals surface area (Å²) in [7, 11) is 0. The molecule has 4 rings (SSSR count). The molecule has 24 heavy (non-hydrogen) atoms. The highest BCUT2D eigenvalue weighted by Crippen LogP contribution is 2.25. The molecule has 0 N–H and O–H groups in total. The van der Waals surface area contributed by atoms with E-state index in [9.17, 15) is 0 Å². The number of hydrogen-bond acceptors (Lipinski definition) is 2. The second-order valence-corrected chi connectivity index (χ2v) is 5.57. The highest BCUT2D eigenvalue weighted by Gasteiger charge is 2.08. The molecule has 1 radical (unpaired) electrons. The molecule has 0 bridgehead atoms. The number of nitrogens with zero attached hydrogens (tertiary/aromatic N) is 1. The lowest BCUT2D eigenvalue weighted by atomic mass is 10.0. The van der Waals surface area contributed by atoms with Crippen LogP contribution in [0.15, 0.2) is 84.9 Å². The monoisotopic (exact) mass is 310 g/mol. The van der Waals surface area contributed by atoms with Gasteiger partial charge in [0.05, 0.1) is 11.2 Å². The van der Waals surface area contributed by atoms with Gasteiger partial charge >= 0.3 is 0 Å². The van der Waals surface area contributed by atoms with E-state index in [0.29, 0.717) is 6.61 Å². The first-order valence-electron chi connectivity index (χ1n) is 7.93. The van der Waals surface area contributed by atoms with E-state index < -0.39 is 0 Å². The van der Waals surface area contributed by atoms with Gasteiger partial charge in [-0.05, 0) is 30.3 Å². The smallest absolute Gasteiger partial charge is 0.119 e. The van der Waals surface area contributed by atoms with Crippen molar-refractivity contribution in [3.63, 3.8) is 0 Å². The Labute approximate surface area is 141 Å². The van der Waals surface area contributed by atoms with Crippen LogP contribution in [0.25, 0.3) is 22.2 Å². The van der Waals surface area contributed by atoms with Gasteiger partial charge in [0, 0.05) is 16.5 Å². The van der Waals surface area contributed by atoms with Crippen LogP contribution in [0.1, 0.15) is 5.56 Å². The molecule has 2 nitrogen and oxygen atoms in total. The molecule has 4 aromatic rings. The zero-order chi connectivity index (χ0) is 16.2. The fourth-order valence-corrected chi connectivity index (χ4v) is 2.75. The largest absolute Gasteiger partial charge is 0.489 e. The normalized spacial score (nSPS) is 10.7. The minimum Gasteiger partial charge on any atom is -0.489 e. The van der Waals surface area contributed by atoms with Crippen LogP contribution in [0.4, 0.5) is 0 Å². The summed E-state index contributed by atoms with van der Waals surface area (Å²) in [6.45, 7) is 0.507. The van der Waals surface area contributed by atoms with Crippen molar-refractivity contribution in [2.24, 2.45) is 0 Å². The van der Waals surface area contributed by atoms with Crippen LogP contribution >= 0.6 is 0 Å². The van der Waals surface area contributed by atoms with Gasteiger partial charge in [-0.3, -0.25) is 0 Å². The van der Waals surface area contributed by atoms with E-state index in [2.05, 4.69) is 30.3 Å². The number of ether oxygens (including phenoxy) is 1. The third-order valence-electron chi connectivity index (χ3n) is 3.95. The Kier molecular flexibility index (Phi) is 3.95. The van der Waals surface area contributed by atoms with Crippen LogP contribution in [0.2, 0.25) is 0 Å². The summed E-state index contributed by atoms with van der Waals surface area (Å²) in [5.74, 6) is 0.843. The second-order valence-electron chi connectivity index (χ2n) is 5.57. The topological polar surface area (TPSA) is 22.1 Å². The molecule has 0 atom stereocenters. The molecule has 1 aromatic heterocycles.